The Hall–Kier alpha value is 0.230. The molecular formula is C7H3BrINS. The van der Waals surface area contributed by atoms with Crippen molar-refractivity contribution in [2.45, 2.75) is 0 Å². The lowest BCUT2D eigenvalue weighted by Crippen LogP contribution is -1.71. The predicted molar refractivity (Wildman–Crippen MR) is 61.5 cm³/mol. The number of rotatable bonds is 1. The summed E-state index contributed by atoms with van der Waals surface area (Å²) in [5.74, 6) is 0. The lowest BCUT2D eigenvalue weighted by atomic mass is 10.3. The van der Waals surface area contributed by atoms with Crippen LogP contribution in [0.1, 0.15) is 0 Å². The SMILES string of the molecule is S=C=Nc1ccc(I)cc1Br. The van der Waals surface area contributed by atoms with Crippen molar-refractivity contribution in [2.75, 3.05) is 0 Å². The molecule has 0 radical (unpaired) electrons. The van der Waals surface area contributed by atoms with Gasteiger partial charge in [-0.25, -0.2) is 0 Å². The minimum absolute atomic E-state index is 0.820. The maximum atomic E-state index is 4.49. The molecule has 0 aromatic heterocycles. The Balaban J connectivity index is 3.19. The molecule has 11 heavy (non-hydrogen) atoms. The second-order valence-electron chi connectivity index (χ2n) is 1.80. The van der Waals surface area contributed by atoms with E-state index in [2.05, 4.69) is 60.9 Å². The summed E-state index contributed by atoms with van der Waals surface area (Å²) >= 11 is 10.1. The quantitative estimate of drug-likeness (QED) is 0.431. The van der Waals surface area contributed by atoms with Crippen molar-refractivity contribution in [3.63, 3.8) is 0 Å². The molecule has 0 bridgehead atoms. The summed E-state index contributed by atoms with van der Waals surface area (Å²) in [5, 5.41) is 2.32. The van der Waals surface area contributed by atoms with Crippen LogP contribution in [0.3, 0.4) is 0 Å². The number of nitrogens with zero attached hydrogens (tertiary/aromatic N) is 1. The van der Waals surface area contributed by atoms with Gasteiger partial charge in [0.05, 0.1) is 10.8 Å². The molecule has 0 saturated carbocycles. The molecular weight excluding hydrogens is 337 g/mol. The normalized spacial score (nSPS) is 8.91. The van der Waals surface area contributed by atoms with E-state index in [-0.39, 0.29) is 0 Å². The molecule has 0 N–H and O–H groups in total. The summed E-state index contributed by atoms with van der Waals surface area (Å²) in [6.07, 6.45) is 0. The molecule has 1 aromatic carbocycles. The molecule has 4 heteroatoms. The van der Waals surface area contributed by atoms with Crippen molar-refractivity contribution < 1.29 is 0 Å². The third-order valence-corrected chi connectivity index (χ3v) is 2.47. The molecule has 56 valence electrons. The molecule has 0 saturated heterocycles. The smallest absolute Gasteiger partial charge is 0.0882 e. The standard InChI is InChI=1S/C7H3BrINS/c8-6-3-5(9)1-2-7(6)10-4-11/h1-3H. The van der Waals surface area contributed by atoms with E-state index in [1.165, 1.54) is 0 Å². The highest BCUT2D eigenvalue weighted by Crippen LogP contribution is 2.26. The summed E-state index contributed by atoms with van der Waals surface area (Å²) in [6, 6.07) is 5.84. The average molecular weight is 340 g/mol. The number of halogens is 2. The molecule has 0 spiro atoms. The number of isothiocyanates is 1. The van der Waals surface area contributed by atoms with Crippen LogP contribution in [0.15, 0.2) is 27.7 Å². The van der Waals surface area contributed by atoms with E-state index in [0.29, 0.717) is 0 Å². The van der Waals surface area contributed by atoms with Crippen LogP contribution in [0, 0.1) is 3.57 Å². The molecule has 0 aliphatic heterocycles. The molecule has 1 aromatic rings. The second kappa shape index (κ2) is 4.30. The molecule has 0 aliphatic carbocycles. The Morgan fingerprint density at radius 3 is 2.82 bits per heavy atom. The first-order valence-electron chi connectivity index (χ1n) is 2.77. The van der Waals surface area contributed by atoms with E-state index in [1.54, 1.807) is 0 Å². The maximum absolute atomic E-state index is 4.49. The first-order chi connectivity index (χ1) is 5.24. The fourth-order valence-corrected chi connectivity index (χ4v) is 2.11. The minimum Gasteiger partial charge on any atom is -0.194 e. The van der Waals surface area contributed by atoms with Crippen molar-refractivity contribution in [1.82, 2.24) is 0 Å². The van der Waals surface area contributed by atoms with Crippen molar-refractivity contribution in [2.24, 2.45) is 4.99 Å². The van der Waals surface area contributed by atoms with E-state index in [4.69, 9.17) is 0 Å². The van der Waals surface area contributed by atoms with Crippen LogP contribution < -0.4 is 0 Å². The van der Waals surface area contributed by atoms with Gasteiger partial charge < -0.3 is 0 Å². The molecule has 0 unspecified atom stereocenters. The van der Waals surface area contributed by atoms with Crippen LogP contribution in [0.2, 0.25) is 0 Å². The molecule has 0 amide bonds. The van der Waals surface area contributed by atoms with Crippen LogP contribution >= 0.6 is 50.7 Å². The Kier molecular flexibility index (Phi) is 3.65. The van der Waals surface area contributed by atoms with Gasteiger partial charge in [0.2, 0.25) is 0 Å². The van der Waals surface area contributed by atoms with E-state index in [0.717, 1.165) is 13.7 Å². The van der Waals surface area contributed by atoms with Gasteiger partial charge in [-0.05, 0) is 68.9 Å². The monoisotopic (exact) mass is 339 g/mol. The second-order valence-corrected chi connectivity index (χ2v) is 4.08. The van der Waals surface area contributed by atoms with Gasteiger partial charge in [0.1, 0.15) is 0 Å². The van der Waals surface area contributed by atoms with Crippen LogP contribution in [0.5, 0.6) is 0 Å². The van der Waals surface area contributed by atoms with E-state index in [1.807, 2.05) is 18.2 Å². The van der Waals surface area contributed by atoms with Gasteiger partial charge in [-0.15, -0.1) is 0 Å². The van der Waals surface area contributed by atoms with Gasteiger partial charge in [-0.2, -0.15) is 4.99 Å². The van der Waals surface area contributed by atoms with E-state index >= 15 is 0 Å². The molecule has 1 rings (SSSR count). The van der Waals surface area contributed by atoms with Gasteiger partial charge in [0, 0.05) is 8.04 Å². The van der Waals surface area contributed by atoms with Crippen LogP contribution in [0.4, 0.5) is 5.69 Å². The average Bonchev–Trinajstić information content (AvgIpc) is 1.95. The summed E-state index contributed by atoms with van der Waals surface area (Å²) in [6.45, 7) is 0. The highest BCUT2D eigenvalue weighted by atomic mass is 127. The van der Waals surface area contributed by atoms with Crippen LogP contribution in [0.25, 0.3) is 0 Å². The first-order valence-corrected chi connectivity index (χ1v) is 5.05. The Labute approximate surface area is 92.2 Å². The Morgan fingerprint density at radius 1 is 1.55 bits per heavy atom. The highest BCUT2D eigenvalue weighted by molar-refractivity contribution is 14.1. The van der Waals surface area contributed by atoms with Gasteiger partial charge in [-0.1, -0.05) is 0 Å². The first kappa shape index (κ1) is 9.32. The van der Waals surface area contributed by atoms with Crippen LogP contribution in [-0.4, -0.2) is 5.16 Å². The maximum Gasteiger partial charge on any atom is 0.0882 e. The third kappa shape index (κ3) is 2.63. The third-order valence-electron chi connectivity index (χ3n) is 1.08. The summed E-state index contributed by atoms with van der Waals surface area (Å²) in [5.41, 5.74) is 0.820. The molecule has 0 aliphatic rings. The number of hydrogen-bond acceptors (Lipinski definition) is 2. The van der Waals surface area contributed by atoms with Crippen molar-refractivity contribution in [1.29, 1.82) is 0 Å². The van der Waals surface area contributed by atoms with Gasteiger partial charge in [0.25, 0.3) is 0 Å². The Morgan fingerprint density at radius 2 is 2.27 bits per heavy atom. The zero-order valence-corrected chi connectivity index (χ0v) is 9.90. The number of thiocarbonyl (C=S) groups is 1. The number of benzene rings is 1. The molecule has 0 fully saturated rings. The van der Waals surface area contributed by atoms with Crippen LogP contribution in [-0.2, 0) is 0 Å². The minimum atomic E-state index is 0.820. The lowest BCUT2D eigenvalue weighted by Gasteiger charge is -1.95. The topological polar surface area (TPSA) is 12.4 Å². The fourth-order valence-electron chi connectivity index (χ4n) is 0.621. The summed E-state index contributed by atoms with van der Waals surface area (Å²) in [4.78, 5) is 3.86. The van der Waals surface area contributed by atoms with Gasteiger partial charge in [0.15, 0.2) is 0 Å². The van der Waals surface area contributed by atoms with Gasteiger partial charge >= 0.3 is 0 Å². The van der Waals surface area contributed by atoms with Crippen molar-refractivity contribution >= 4 is 61.6 Å². The molecule has 0 atom stereocenters. The zero-order chi connectivity index (χ0) is 8.27. The predicted octanol–water partition coefficient (Wildman–Crippen LogP) is 3.79. The van der Waals surface area contributed by atoms with Crippen molar-refractivity contribution in [3.8, 4) is 0 Å². The fraction of sp³-hybridized carbons (Fsp3) is 0. The highest BCUT2D eigenvalue weighted by Gasteiger charge is 1.96. The number of hydrogen-bond donors (Lipinski definition) is 0. The molecule has 0 heterocycles. The van der Waals surface area contributed by atoms with E-state index in [9.17, 15) is 0 Å². The zero-order valence-electron chi connectivity index (χ0n) is 5.34. The largest absolute Gasteiger partial charge is 0.194 e. The lowest BCUT2D eigenvalue weighted by molar-refractivity contribution is 1.49. The van der Waals surface area contributed by atoms with Gasteiger partial charge in [-0.3, -0.25) is 0 Å². The summed E-state index contributed by atoms with van der Waals surface area (Å²) < 4.78 is 2.11. The van der Waals surface area contributed by atoms with Crippen molar-refractivity contribution in [3.05, 3.63) is 26.2 Å². The molecule has 1 nitrogen and oxygen atoms in total. The Bertz CT molecular complexity index is 320. The number of aliphatic imine (C=N–C) groups is 1. The summed E-state index contributed by atoms with van der Waals surface area (Å²) in [7, 11) is 0. The van der Waals surface area contributed by atoms with E-state index < -0.39 is 0 Å².